The summed E-state index contributed by atoms with van der Waals surface area (Å²) in [4.78, 5) is 15.6. The molecular weight excluding hydrogens is 356 g/mol. The molecule has 2 fully saturated rings. The van der Waals surface area contributed by atoms with Crippen LogP contribution in [0.1, 0.15) is 50.5 Å². The van der Waals surface area contributed by atoms with E-state index >= 15 is 0 Å². The first-order chi connectivity index (χ1) is 13.2. The van der Waals surface area contributed by atoms with Crippen LogP contribution in [0.15, 0.2) is 48.5 Å². The third-order valence-electron chi connectivity index (χ3n) is 6.12. The molecule has 0 aromatic heterocycles. The second-order valence-electron chi connectivity index (χ2n) is 7.82. The number of hydrogen-bond acceptors (Lipinski definition) is 2. The molecule has 1 aliphatic heterocycles. The maximum Gasteiger partial charge on any atom is 0.235 e. The quantitative estimate of drug-likeness (QED) is 0.726. The lowest BCUT2D eigenvalue weighted by Gasteiger charge is -2.30. The first-order valence-electron chi connectivity index (χ1n) is 10.1. The Hall–Kier alpha value is -2.00. The summed E-state index contributed by atoms with van der Waals surface area (Å²) < 4.78 is 0. The summed E-state index contributed by atoms with van der Waals surface area (Å²) in [7, 11) is 0. The van der Waals surface area contributed by atoms with Gasteiger partial charge in [-0.15, -0.1) is 0 Å². The van der Waals surface area contributed by atoms with Gasteiger partial charge in [0.2, 0.25) is 5.91 Å². The van der Waals surface area contributed by atoms with Gasteiger partial charge < -0.3 is 10.2 Å². The van der Waals surface area contributed by atoms with Gasteiger partial charge in [-0.3, -0.25) is 4.79 Å². The van der Waals surface area contributed by atoms with Crippen LogP contribution < -0.4 is 10.2 Å². The Morgan fingerprint density at radius 2 is 1.63 bits per heavy atom. The summed E-state index contributed by atoms with van der Waals surface area (Å²) in [6.07, 6.45) is 7.73. The van der Waals surface area contributed by atoms with Crippen molar-refractivity contribution in [1.29, 1.82) is 0 Å². The molecule has 0 radical (unpaired) electrons. The zero-order valence-electron chi connectivity index (χ0n) is 15.7. The van der Waals surface area contributed by atoms with Crippen molar-refractivity contribution in [1.82, 2.24) is 0 Å². The van der Waals surface area contributed by atoms with E-state index < -0.39 is 5.41 Å². The van der Waals surface area contributed by atoms with E-state index in [0.717, 1.165) is 60.7 Å². The average Bonchev–Trinajstić information content (AvgIpc) is 3.21. The molecule has 27 heavy (non-hydrogen) atoms. The monoisotopic (exact) mass is 382 g/mol. The zero-order chi connectivity index (χ0) is 18.7. The van der Waals surface area contributed by atoms with Crippen LogP contribution in [0.4, 0.5) is 11.4 Å². The van der Waals surface area contributed by atoms with E-state index in [4.69, 9.17) is 11.6 Å². The van der Waals surface area contributed by atoms with Gasteiger partial charge in [0.05, 0.1) is 16.1 Å². The van der Waals surface area contributed by atoms with Crippen LogP contribution in [0.3, 0.4) is 0 Å². The van der Waals surface area contributed by atoms with Crippen molar-refractivity contribution in [2.24, 2.45) is 0 Å². The minimum atomic E-state index is -0.417. The van der Waals surface area contributed by atoms with Crippen LogP contribution >= 0.6 is 11.6 Å². The fourth-order valence-corrected chi connectivity index (χ4v) is 4.91. The molecule has 142 valence electrons. The third-order valence-corrected chi connectivity index (χ3v) is 6.42. The largest absolute Gasteiger partial charge is 0.370 e. The Labute approximate surface area is 166 Å². The SMILES string of the molecule is O=C(Nc1ccc(N2CCCCC2)c(Cl)c1)C1(c2ccccc2)CCCC1. The highest BCUT2D eigenvalue weighted by atomic mass is 35.5. The molecule has 4 rings (SSSR count). The highest BCUT2D eigenvalue weighted by molar-refractivity contribution is 6.33. The molecule has 0 unspecified atom stereocenters. The van der Waals surface area contributed by atoms with Crippen molar-refractivity contribution in [3.05, 3.63) is 59.1 Å². The first kappa shape index (κ1) is 18.4. The van der Waals surface area contributed by atoms with Gasteiger partial charge in [0.25, 0.3) is 0 Å². The predicted octanol–water partition coefficient (Wildman–Crippen LogP) is 5.78. The summed E-state index contributed by atoms with van der Waals surface area (Å²) >= 11 is 6.56. The Morgan fingerprint density at radius 3 is 2.30 bits per heavy atom. The molecule has 2 aliphatic rings. The minimum absolute atomic E-state index is 0.0907. The van der Waals surface area contributed by atoms with Crippen LogP contribution in [-0.2, 0) is 10.2 Å². The van der Waals surface area contributed by atoms with Gasteiger partial charge in [0, 0.05) is 18.8 Å². The van der Waals surface area contributed by atoms with Crippen molar-refractivity contribution < 1.29 is 4.79 Å². The molecule has 3 nitrogen and oxygen atoms in total. The van der Waals surface area contributed by atoms with E-state index in [2.05, 4.69) is 22.3 Å². The van der Waals surface area contributed by atoms with Gasteiger partial charge >= 0.3 is 0 Å². The Balaban J connectivity index is 1.54. The summed E-state index contributed by atoms with van der Waals surface area (Å²) in [6.45, 7) is 2.12. The number of carbonyl (C=O) groups is 1. The number of amides is 1. The molecule has 1 amide bonds. The van der Waals surface area contributed by atoms with Crippen LogP contribution in [0, 0.1) is 0 Å². The van der Waals surface area contributed by atoms with Crippen molar-refractivity contribution in [3.8, 4) is 0 Å². The van der Waals surface area contributed by atoms with E-state index in [1.807, 2.05) is 36.4 Å². The standard InChI is InChI=1S/C23H27ClN2O/c24-20-17-19(11-12-21(20)26-15-7-2-8-16-26)25-22(27)23(13-5-6-14-23)18-9-3-1-4-10-18/h1,3-4,9-12,17H,2,5-8,13-16H2,(H,25,27). The van der Waals surface area contributed by atoms with E-state index in [1.54, 1.807) is 0 Å². The molecule has 1 saturated heterocycles. The smallest absolute Gasteiger partial charge is 0.235 e. The van der Waals surface area contributed by atoms with E-state index in [-0.39, 0.29) is 5.91 Å². The second-order valence-corrected chi connectivity index (χ2v) is 8.23. The Morgan fingerprint density at radius 1 is 0.926 bits per heavy atom. The maximum atomic E-state index is 13.3. The number of nitrogens with one attached hydrogen (secondary N) is 1. The number of nitrogens with zero attached hydrogens (tertiary/aromatic N) is 1. The van der Waals surface area contributed by atoms with Gasteiger partial charge in [-0.25, -0.2) is 0 Å². The molecule has 2 aromatic carbocycles. The molecule has 0 bridgehead atoms. The van der Waals surface area contributed by atoms with Gasteiger partial charge in [0.15, 0.2) is 0 Å². The lowest BCUT2D eigenvalue weighted by Crippen LogP contribution is -2.38. The average molecular weight is 383 g/mol. The van der Waals surface area contributed by atoms with Crippen LogP contribution in [0.2, 0.25) is 5.02 Å². The summed E-state index contributed by atoms with van der Waals surface area (Å²) in [5, 5.41) is 3.87. The number of hydrogen-bond donors (Lipinski definition) is 1. The molecular formula is C23H27ClN2O. The number of benzene rings is 2. The number of piperidine rings is 1. The molecule has 1 N–H and O–H groups in total. The zero-order valence-corrected chi connectivity index (χ0v) is 16.5. The number of rotatable bonds is 4. The van der Waals surface area contributed by atoms with E-state index in [9.17, 15) is 4.79 Å². The summed E-state index contributed by atoms with van der Waals surface area (Å²) in [6, 6.07) is 16.1. The lowest BCUT2D eigenvalue weighted by atomic mass is 9.78. The predicted molar refractivity (Wildman–Crippen MR) is 113 cm³/mol. The summed E-state index contributed by atoms with van der Waals surface area (Å²) in [5.74, 6) is 0.0907. The summed E-state index contributed by atoms with van der Waals surface area (Å²) in [5.41, 5.74) is 2.57. The van der Waals surface area contributed by atoms with Gasteiger partial charge in [-0.1, -0.05) is 54.8 Å². The third kappa shape index (κ3) is 3.70. The molecule has 0 spiro atoms. The topological polar surface area (TPSA) is 32.3 Å². The van der Waals surface area contributed by atoms with E-state index in [0.29, 0.717) is 0 Å². The van der Waals surface area contributed by atoms with Crippen LogP contribution in [0.25, 0.3) is 0 Å². The number of carbonyl (C=O) groups excluding carboxylic acids is 1. The number of anilines is 2. The van der Waals surface area contributed by atoms with E-state index in [1.165, 1.54) is 19.3 Å². The van der Waals surface area contributed by atoms with Crippen molar-refractivity contribution in [3.63, 3.8) is 0 Å². The Bertz CT molecular complexity index is 793. The Kier molecular flexibility index (Phi) is 5.40. The van der Waals surface area contributed by atoms with Crippen molar-refractivity contribution in [2.45, 2.75) is 50.4 Å². The van der Waals surface area contributed by atoms with Crippen molar-refractivity contribution in [2.75, 3.05) is 23.3 Å². The minimum Gasteiger partial charge on any atom is -0.370 e. The number of halogens is 1. The first-order valence-corrected chi connectivity index (χ1v) is 10.5. The van der Waals surface area contributed by atoms with Gasteiger partial charge in [0.1, 0.15) is 0 Å². The highest BCUT2D eigenvalue weighted by Gasteiger charge is 2.42. The molecule has 1 heterocycles. The highest BCUT2D eigenvalue weighted by Crippen LogP contribution is 2.42. The van der Waals surface area contributed by atoms with Gasteiger partial charge in [-0.2, -0.15) is 0 Å². The molecule has 4 heteroatoms. The molecule has 1 saturated carbocycles. The van der Waals surface area contributed by atoms with Gasteiger partial charge in [-0.05, 0) is 55.9 Å². The fraction of sp³-hybridized carbons (Fsp3) is 0.435. The fourth-order valence-electron chi connectivity index (χ4n) is 4.61. The second kappa shape index (κ2) is 7.93. The molecule has 0 atom stereocenters. The molecule has 1 aliphatic carbocycles. The van der Waals surface area contributed by atoms with Crippen LogP contribution in [0.5, 0.6) is 0 Å². The maximum absolute atomic E-state index is 13.3. The lowest BCUT2D eigenvalue weighted by molar-refractivity contribution is -0.121. The van der Waals surface area contributed by atoms with Crippen LogP contribution in [-0.4, -0.2) is 19.0 Å². The molecule has 2 aromatic rings. The normalized spacial score (nSPS) is 19.1. The van der Waals surface area contributed by atoms with Crippen molar-refractivity contribution >= 4 is 28.9 Å².